The highest BCUT2D eigenvalue weighted by Crippen LogP contribution is 2.25. The van der Waals surface area contributed by atoms with E-state index >= 15 is 0 Å². The molecule has 0 aliphatic carbocycles. The molecule has 7 nitrogen and oxygen atoms in total. The number of aromatic nitrogens is 1. The number of likely N-dealkylation sites (tertiary alicyclic amines) is 2. The van der Waals surface area contributed by atoms with E-state index in [2.05, 4.69) is 21.9 Å². The van der Waals surface area contributed by atoms with Crippen LogP contribution in [0, 0.1) is 0 Å². The topological polar surface area (TPSA) is 62.0 Å². The first-order valence-corrected chi connectivity index (χ1v) is 9.51. The zero-order valence-electron chi connectivity index (χ0n) is 15.0. The average molecular weight is 348 g/mol. The van der Waals surface area contributed by atoms with E-state index in [9.17, 15) is 4.79 Å². The summed E-state index contributed by atoms with van der Waals surface area (Å²) in [5.74, 6) is 0.755. The van der Waals surface area contributed by atoms with E-state index in [1.807, 2.05) is 4.90 Å². The Morgan fingerprint density at radius 2 is 2.04 bits per heavy atom. The number of amides is 1. The summed E-state index contributed by atoms with van der Waals surface area (Å²) in [6, 6.07) is 2.96. The zero-order valence-corrected chi connectivity index (χ0v) is 15.0. The molecule has 4 rings (SSSR count). The molecule has 0 aromatic carbocycles. The normalized spacial score (nSPS) is 26.6. The molecule has 7 heteroatoms. The van der Waals surface area contributed by atoms with Gasteiger partial charge in [0.25, 0.3) is 5.91 Å². The molecule has 1 amide bonds. The van der Waals surface area contributed by atoms with Crippen molar-refractivity contribution in [1.82, 2.24) is 19.9 Å². The quantitative estimate of drug-likeness (QED) is 0.815. The molecule has 1 atom stereocenters. The minimum absolute atomic E-state index is 0.00195. The van der Waals surface area contributed by atoms with E-state index in [0.717, 1.165) is 45.2 Å². The van der Waals surface area contributed by atoms with Crippen LogP contribution in [-0.4, -0.2) is 83.8 Å². The van der Waals surface area contributed by atoms with E-state index in [0.29, 0.717) is 24.3 Å². The second-order valence-corrected chi connectivity index (χ2v) is 7.51. The van der Waals surface area contributed by atoms with Crippen LogP contribution in [-0.2, 0) is 11.3 Å². The van der Waals surface area contributed by atoms with Gasteiger partial charge in [0.1, 0.15) is 0 Å². The van der Waals surface area contributed by atoms with Gasteiger partial charge in [-0.25, -0.2) is 0 Å². The van der Waals surface area contributed by atoms with Crippen LogP contribution in [0.2, 0.25) is 0 Å². The molecule has 0 saturated carbocycles. The summed E-state index contributed by atoms with van der Waals surface area (Å²) >= 11 is 0. The fourth-order valence-electron chi connectivity index (χ4n) is 4.12. The summed E-state index contributed by atoms with van der Waals surface area (Å²) < 4.78 is 10.7. The van der Waals surface area contributed by atoms with Gasteiger partial charge in [0.05, 0.1) is 19.8 Å². The molecule has 0 radical (unpaired) electrons. The van der Waals surface area contributed by atoms with E-state index in [-0.39, 0.29) is 5.91 Å². The zero-order chi connectivity index (χ0) is 17.2. The predicted molar refractivity (Wildman–Crippen MR) is 92.3 cm³/mol. The van der Waals surface area contributed by atoms with Crippen molar-refractivity contribution in [2.75, 3.05) is 45.9 Å². The third-order valence-electron chi connectivity index (χ3n) is 5.73. The first-order valence-electron chi connectivity index (χ1n) is 9.51. The Hall–Kier alpha value is -1.44. The molecular weight excluding hydrogens is 320 g/mol. The Labute approximate surface area is 148 Å². The number of carbonyl (C=O) groups is 1. The highest BCUT2D eigenvalue weighted by molar-refractivity contribution is 5.92. The molecule has 3 saturated heterocycles. The van der Waals surface area contributed by atoms with Crippen LogP contribution >= 0.6 is 0 Å². The SMILES string of the molecule is C[C@H]1CCCCN1C1CN(C(=O)c2cc(CN3CCOCC3)on2)C1. The number of hydrogen-bond donors (Lipinski definition) is 0. The fourth-order valence-corrected chi connectivity index (χ4v) is 4.12. The smallest absolute Gasteiger partial charge is 0.276 e. The van der Waals surface area contributed by atoms with Crippen LogP contribution in [0.4, 0.5) is 0 Å². The molecule has 1 aromatic rings. The summed E-state index contributed by atoms with van der Waals surface area (Å²) in [6.45, 7) is 9.09. The maximum atomic E-state index is 12.6. The van der Waals surface area contributed by atoms with Crippen molar-refractivity contribution >= 4 is 5.91 Å². The summed E-state index contributed by atoms with van der Waals surface area (Å²) in [7, 11) is 0. The molecule has 25 heavy (non-hydrogen) atoms. The van der Waals surface area contributed by atoms with Gasteiger partial charge in [0, 0.05) is 44.3 Å². The van der Waals surface area contributed by atoms with Gasteiger partial charge in [0.15, 0.2) is 11.5 Å². The van der Waals surface area contributed by atoms with Gasteiger partial charge in [-0.3, -0.25) is 14.6 Å². The fraction of sp³-hybridized carbons (Fsp3) is 0.778. The van der Waals surface area contributed by atoms with Crippen molar-refractivity contribution in [3.63, 3.8) is 0 Å². The number of hydrogen-bond acceptors (Lipinski definition) is 6. The van der Waals surface area contributed by atoms with Crippen LogP contribution in [0.3, 0.4) is 0 Å². The van der Waals surface area contributed by atoms with Gasteiger partial charge >= 0.3 is 0 Å². The van der Waals surface area contributed by atoms with Crippen molar-refractivity contribution in [1.29, 1.82) is 0 Å². The Bertz CT molecular complexity index is 593. The standard InChI is InChI=1S/C18H28N4O3/c1-14-4-2-3-5-22(14)15-11-21(12-15)18(23)17-10-16(25-19-17)13-20-6-8-24-9-7-20/h10,14-15H,2-9,11-13H2,1H3/t14-/m0/s1. The highest BCUT2D eigenvalue weighted by atomic mass is 16.5. The van der Waals surface area contributed by atoms with Crippen molar-refractivity contribution in [2.45, 2.75) is 44.8 Å². The van der Waals surface area contributed by atoms with Crippen molar-refractivity contribution < 1.29 is 14.1 Å². The van der Waals surface area contributed by atoms with Gasteiger partial charge < -0.3 is 14.2 Å². The third kappa shape index (κ3) is 3.73. The Kier molecular flexibility index (Phi) is 5.05. The second-order valence-electron chi connectivity index (χ2n) is 7.51. The lowest BCUT2D eigenvalue weighted by molar-refractivity contribution is 0.00160. The van der Waals surface area contributed by atoms with Crippen LogP contribution in [0.25, 0.3) is 0 Å². The van der Waals surface area contributed by atoms with E-state index in [4.69, 9.17) is 9.26 Å². The number of morpholine rings is 1. The lowest BCUT2D eigenvalue weighted by atomic mass is 9.97. The molecular formula is C18H28N4O3. The van der Waals surface area contributed by atoms with Crippen LogP contribution in [0.1, 0.15) is 42.4 Å². The summed E-state index contributed by atoms with van der Waals surface area (Å²) in [4.78, 5) is 19.3. The van der Waals surface area contributed by atoms with Crippen LogP contribution < -0.4 is 0 Å². The lowest BCUT2D eigenvalue weighted by Gasteiger charge is -2.49. The summed E-state index contributed by atoms with van der Waals surface area (Å²) in [5, 5.41) is 4.00. The molecule has 0 bridgehead atoms. The highest BCUT2D eigenvalue weighted by Gasteiger charge is 2.38. The molecule has 0 spiro atoms. The summed E-state index contributed by atoms with van der Waals surface area (Å²) in [5.41, 5.74) is 0.438. The van der Waals surface area contributed by atoms with E-state index in [1.165, 1.54) is 25.8 Å². The first kappa shape index (κ1) is 17.0. The number of rotatable bonds is 4. The first-order chi connectivity index (χ1) is 12.2. The average Bonchev–Trinajstić information content (AvgIpc) is 3.04. The number of piperidine rings is 1. The lowest BCUT2D eigenvalue weighted by Crippen LogP contribution is -2.63. The monoisotopic (exact) mass is 348 g/mol. The largest absolute Gasteiger partial charge is 0.379 e. The molecule has 138 valence electrons. The Morgan fingerprint density at radius 3 is 2.80 bits per heavy atom. The van der Waals surface area contributed by atoms with E-state index in [1.54, 1.807) is 6.07 Å². The third-order valence-corrected chi connectivity index (χ3v) is 5.73. The Balaban J connectivity index is 1.29. The molecule has 1 aromatic heterocycles. The predicted octanol–water partition coefficient (Wildman–Crippen LogP) is 1.21. The summed E-state index contributed by atoms with van der Waals surface area (Å²) in [6.07, 6.45) is 3.89. The van der Waals surface area contributed by atoms with Gasteiger partial charge in [-0.15, -0.1) is 0 Å². The minimum Gasteiger partial charge on any atom is -0.379 e. The Morgan fingerprint density at radius 1 is 1.24 bits per heavy atom. The van der Waals surface area contributed by atoms with Gasteiger partial charge in [-0.1, -0.05) is 11.6 Å². The van der Waals surface area contributed by atoms with Crippen LogP contribution in [0.5, 0.6) is 0 Å². The number of carbonyl (C=O) groups excluding carboxylic acids is 1. The van der Waals surface area contributed by atoms with Crippen LogP contribution in [0.15, 0.2) is 10.6 Å². The van der Waals surface area contributed by atoms with Crippen molar-refractivity contribution in [2.24, 2.45) is 0 Å². The minimum atomic E-state index is -0.00195. The number of nitrogens with zero attached hydrogens (tertiary/aromatic N) is 4. The molecule has 3 aliphatic rings. The van der Waals surface area contributed by atoms with Gasteiger partial charge in [0.2, 0.25) is 0 Å². The van der Waals surface area contributed by atoms with E-state index < -0.39 is 0 Å². The second kappa shape index (κ2) is 7.43. The van der Waals surface area contributed by atoms with Gasteiger partial charge in [-0.05, 0) is 26.3 Å². The maximum Gasteiger partial charge on any atom is 0.276 e. The van der Waals surface area contributed by atoms with Gasteiger partial charge in [-0.2, -0.15) is 0 Å². The van der Waals surface area contributed by atoms with Crippen molar-refractivity contribution in [3.8, 4) is 0 Å². The maximum absolute atomic E-state index is 12.6. The molecule has 3 fully saturated rings. The van der Waals surface area contributed by atoms with Crippen molar-refractivity contribution in [3.05, 3.63) is 17.5 Å². The molecule has 0 N–H and O–H groups in total. The molecule has 3 aliphatic heterocycles. The number of ether oxygens (including phenoxy) is 1. The molecule has 4 heterocycles. The molecule has 0 unspecified atom stereocenters.